The number of benzene rings is 2. The van der Waals surface area contributed by atoms with Gasteiger partial charge in [-0.2, -0.15) is 0 Å². The second kappa shape index (κ2) is 10.6. The van der Waals surface area contributed by atoms with Gasteiger partial charge in [0.25, 0.3) is 5.56 Å². The Balaban J connectivity index is 1.81. The highest BCUT2D eigenvalue weighted by Gasteiger charge is 2.33. The summed E-state index contributed by atoms with van der Waals surface area (Å²) in [6, 6.07) is 13.2. The summed E-state index contributed by atoms with van der Waals surface area (Å²) in [7, 11) is 1.57. The summed E-state index contributed by atoms with van der Waals surface area (Å²) in [5, 5.41) is 8.75. The maximum absolute atomic E-state index is 13.6. The summed E-state index contributed by atoms with van der Waals surface area (Å²) in [6.07, 6.45) is 1.72. The summed E-state index contributed by atoms with van der Waals surface area (Å²) in [6.45, 7) is 3.21. The standard InChI is InChI=1S/C26H24N2O7S/c1-4-34-25(32)22-15(2)27-26-28(23(22)17-7-11-18(33-3)12-8-17)24(31)20(36-26)13-16-5-9-19(10-6-16)35-14-21(29)30/h5-13,23H,4,14H2,1-3H3,(H,29,30)/b20-13+/t23-/m1/s1. The topological polar surface area (TPSA) is 116 Å². The molecule has 1 aliphatic rings. The number of hydrogen-bond donors (Lipinski definition) is 1. The number of thiazole rings is 1. The number of aliphatic carboxylic acids is 1. The first-order valence-electron chi connectivity index (χ1n) is 11.1. The van der Waals surface area contributed by atoms with Crippen LogP contribution in [0.3, 0.4) is 0 Å². The number of hydrogen-bond acceptors (Lipinski definition) is 8. The number of methoxy groups -OCH3 is 1. The van der Waals surface area contributed by atoms with Crippen molar-refractivity contribution in [2.24, 2.45) is 4.99 Å². The zero-order chi connectivity index (χ0) is 25.8. The lowest BCUT2D eigenvalue weighted by atomic mass is 9.96. The van der Waals surface area contributed by atoms with E-state index < -0.39 is 24.6 Å². The highest BCUT2D eigenvalue weighted by atomic mass is 32.1. The highest BCUT2D eigenvalue weighted by molar-refractivity contribution is 7.07. The van der Waals surface area contributed by atoms with Crippen LogP contribution in [0.1, 0.15) is 31.0 Å². The van der Waals surface area contributed by atoms with E-state index in [4.69, 9.17) is 19.3 Å². The first kappa shape index (κ1) is 24.9. The molecule has 1 aromatic heterocycles. The monoisotopic (exact) mass is 508 g/mol. The number of allylic oxidation sites excluding steroid dienone is 1. The Bertz CT molecular complexity index is 1500. The Morgan fingerprint density at radius 2 is 1.78 bits per heavy atom. The quantitative estimate of drug-likeness (QED) is 0.464. The van der Waals surface area contributed by atoms with Crippen molar-refractivity contribution < 1.29 is 28.9 Å². The number of rotatable bonds is 8. The average Bonchev–Trinajstić information content (AvgIpc) is 3.17. The third-order valence-electron chi connectivity index (χ3n) is 5.49. The molecule has 10 heteroatoms. The first-order valence-corrected chi connectivity index (χ1v) is 11.9. The van der Waals surface area contributed by atoms with Crippen molar-refractivity contribution in [1.82, 2.24) is 4.57 Å². The van der Waals surface area contributed by atoms with Crippen molar-refractivity contribution in [1.29, 1.82) is 0 Å². The fourth-order valence-corrected chi connectivity index (χ4v) is 4.90. The molecule has 1 atom stereocenters. The van der Waals surface area contributed by atoms with Crippen LogP contribution in [0.25, 0.3) is 6.08 Å². The molecule has 0 bridgehead atoms. The number of carboxylic acids is 1. The molecule has 36 heavy (non-hydrogen) atoms. The smallest absolute Gasteiger partial charge is 0.341 e. The van der Waals surface area contributed by atoms with Gasteiger partial charge in [-0.3, -0.25) is 9.36 Å². The molecule has 0 radical (unpaired) electrons. The molecule has 0 spiro atoms. The predicted molar refractivity (Wildman–Crippen MR) is 133 cm³/mol. The average molecular weight is 509 g/mol. The van der Waals surface area contributed by atoms with Gasteiger partial charge in [0.2, 0.25) is 0 Å². The third kappa shape index (κ3) is 5.08. The number of esters is 1. The number of carbonyl (C=O) groups is 2. The van der Waals surface area contributed by atoms with Crippen LogP contribution >= 0.6 is 11.3 Å². The van der Waals surface area contributed by atoms with Crippen molar-refractivity contribution in [3.8, 4) is 11.5 Å². The zero-order valence-corrected chi connectivity index (χ0v) is 20.7. The van der Waals surface area contributed by atoms with Gasteiger partial charge in [0.15, 0.2) is 11.4 Å². The van der Waals surface area contributed by atoms with Gasteiger partial charge in [-0.05, 0) is 55.3 Å². The molecule has 4 rings (SSSR count). The van der Waals surface area contributed by atoms with E-state index in [2.05, 4.69) is 4.99 Å². The Morgan fingerprint density at radius 3 is 2.39 bits per heavy atom. The summed E-state index contributed by atoms with van der Waals surface area (Å²) in [4.78, 5) is 42.2. The Hall–Kier alpha value is -4.18. The van der Waals surface area contributed by atoms with Crippen LogP contribution in [0.2, 0.25) is 0 Å². The molecular formula is C26H24N2O7S. The van der Waals surface area contributed by atoms with Crippen molar-refractivity contribution in [3.05, 3.63) is 90.6 Å². The minimum Gasteiger partial charge on any atom is -0.497 e. The third-order valence-corrected chi connectivity index (χ3v) is 6.47. The zero-order valence-electron chi connectivity index (χ0n) is 19.9. The number of carbonyl (C=O) groups excluding carboxylic acids is 1. The second-order valence-corrected chi connectivity index (χ2v) is 8.84. The summed E-state index contributed by atoms with van der Waals surface area (Å²) >= 11 is 1.22. The highest BCUT2D eigenvalue weighted by Crippen LogP contribution is 2.31. The lowest BCUT2D eigenvalue weighted by Crippen LogP contribution is -2.39. The predicted octanol–water partition coefficient (Wildman–Crippen LogP) is 2.27. The molecule has 9 nitrogen and oxygen atoms in total. The van der Waals surface area contributed by atoms with Crippen molar-refractivity contribution in [2.75, 3.05) is 20.3 Å². The molecule has 0 aliphatic carbocycles. The molecule has 0 saturated carbocycles. The Labute approximate surface area is 210 Å². The van der Waals surface area contributed by atoms with E-state index in [1.807, 2.05) is 12.1 Å². The van der Waals surface area contributed by atoms with E-state index in [0.29, 0.717) is 32.1 Å². The largest absolute Gasteiger partial charge is 0.497 e. The van der Waals surface area contributed by atoms with E-state index in [9.17, 15) is 14.4 Å². The molecule has 0 amide bonds. The molecule has 0 saturated heterocycles. The van der Waals surface area contributed by atoms with Crippen LogP contribution in [0.5, 0.6) is 11.5 Å². The minimum absolute atomic E-state index is 0.196. The van der Waals surface area contributed by atoms with Gasteiger partial charge in [0.05, 0.1) is 35.6 Å². The number of ether oxygens (including phenoxy) is 3. The molecule has 2 heterocycles. The molecule has 0 fully saturated rings. The molecule has 2 aromatic carbocycles. The number of aromatic nitrogens is 1. The van der Waals surface area contributed by atoms with E-state index in [-0.39, 0.29) is 12.2 Å². The van der Waals surface area contributed by atoms with Crippen LogP contribution in [0, 0.1) is 0 Å². The summed E-state index contributed by atoms with van der Waals surface area (Å²) < 4.78 is 17.7. The van der Waals surface area contributed by atoms with Gasteiger partial charge in [0.1, 0.15) is 11.5 Å². The minimum atomic E-state index is -1.07. The van der Waals surface area contributed by atoms with E-state index in [1.165, 1.54) is 15.9 Å². The second-order valence-electron chi connectivity index (χ2n) is 7.83. The molecule has 1 aliphatic heterocycles. The Kier molecular flexibility index (Phi) is 7.35. The maximum atomic E-state index is 13.6. The van der Waals surface area contributed by atoms with Crippen LogP contribution in [0.4, 0.5) is 0 Å². The normalized spacial score (nSPS) is 15.2. The van der Waals surface area contributed by atoms with Crippen LogP contribution < -0.4 is 24.4 Å². The molecule has 3 aromatic rings. The number of fused-ring (bicyclic) bond motifs is 1. The SMILES string of the molecule is CCOC(=O)C1=C(C)N=c2s/c(=C/c3ccc(OCC(=O)O)cc3)c(=O)n2[C@@H]1c1ccc(OC)cc1. The summed E-state index contributed by atoms with van der Waals surface area (Å²) in [5.74, 6) is -0.527. The lowest BCUT2D eigenvalue weighted by Gasteiger charge is -2.24. The van der Waals surface area contributed by atoms with Gasteiger partial charge in [-0.15, -0.1) is 0 Å². The van der Waals surface area contributed by atoms with Crippen LogP contribution in [0.15, 0.2) is 69.6 Å². The van der Waals surface area contributed by atoms with E-state index >= 15 is 0 Å². The van der Waals surface area contributed by atoms with Crippen molar-refractivity contribution in [3.63, 3.8) is 0 Å². The fourth-order valence-electron chi connectivity index (χ4n) is 3.85. The van der Waals surface area contributed by atoms with Gasteiger partial charge in [-0.1, -0.05) is 35.6 Å². The van der Waals surface area contributed by atoms with Crippen LogP contribution in [-0.4, -0.2) is 41.9 Å². The molecule has 186 valence electrons. The van der Waals surface area contributed by atoms with E-state index in [1.54, 1.807) is 63.4 Å². The van der Waals surface area contributed by atoms with Gasteiger partial charge >= 0.3 is 11.9 Å². The molecular weight excluding hydrogens is 484 g/mol. The van der Waals surface area contributed by atoms with Crippen molar-refractivity contribution >= 4 is 29.4 Å². The summed E-state index contributed by atoms with van der Waals surface area (Å²) in [5.41, 5.74) is 1.95. The van der Waals surface area contributed by atoms with Gasteiger partial charge in [-0.25, -0.2) is 14.6 Å². The first-order chi connectivity index (χ1) is 17.3. The molecule has 0 unspecified atom stereocenters. The van der Waals surface area contributed by atoms with Crippen molar-refractivity contribution in [2.45, 2.75) is 19.9 Å². The maximum Gasteiger partial charge on any atom is 0.341 e. The van der Waals surface area contributed by atoms with Gasteiger partial charge < -0.3 is 19.3 Å². The molecule has 1 N–H and O–H groups in total. The fraction of sp³-hybridized carbons (Fsp3) is 0.231. The number of carboxylic acid groups (broad SMARTS) is 1. The number of nitrogens with zero attached hydrogens (tertiary/aromatic N) is 2. The van der Waals surface area contributed by atoms with E-state index in [0.717, 1.165) is 11.1 Å². The Morgan fingerprint density at radius 1 is 1.11 bits per heavy atom. The lowest BCUT2D eigenvalue weighted by molar-refractivity contribution is -0.140. The van der Waals surface area contributed by atoms with Gasteiger partial charge in [0, 0.05) is 0 Å². The van der Waals surface area contributed by atoms with Crippen LogP contribution in [-0.2, 0) is 14.3 Å².